The Labute approximate surface area is 209 Å². The van der Waals surface area contributed by atoms with E-state index in [0.29, 0.717) is 12.1 Å². The Hall–Kier alpha value is -3.14. The fourth-order valence-electron chi connectivity index (χ4n) is 4.92. The molecular formula is C29H37N5O. The lowest BCUT2D eigenvalue weighted by Crippen LogP contribution is -2.50. The number of anilines is 1. The number of aryl methyl sites for hydroxylation is 1. The second-order valence-electron chi connectivity index (χ2n) is 9.50. The number of aromatic nitrogens is 1. The van der Waals surface area contributed by atoms with Crippen molar-refractivity contribution in [3.05, 3.63) is 65.9 Å². The molecule has 1 amide bonds. The van der Waals surface area contributed by atoms with Crippen LogP contribution < -0.4 is 4.90 Å². The average Bonchev–Trinajstić information content (AvgIpc) is 3.30. The number of carbonyl (C=O) groups excluding carboxylic acids is 1. The number of nitrogens with one attached hydrogen (secondary N) is 1. The summed E-state index contributed by atoms with van der Waals surface area (Å²) in [7, 11) is 0. The van der Waals surface area contributed by atoms with Crippen LogP contribution in [0.15, 0.2) is 54.7 Å². The van der Waals surface area contributed by atoms with Crippen molar-refractivity contribution >= 4 is 22.5 Å². The van der Waals surface area contributed by atoms with E-state index in [1.165, 1.54) is 5.56 Å². The molecule has 1 fully saturated rings. The van der Waals surface area contributed by atoms with Crippen molar-refractivity contribution < 1.29 is 4.79 Å². The number of H-pyrrole nitrogens is 1. The normalized spacial score (nSPS) is 14.7. The van der Waals surface area contributed by atoms with Crippen LogP contribution in [0.25, 0.3) is 10.9 Å². The van der Waals surface area contributed by atoms with Gasteiger partial charge in [-0.2, -0.15) is 5.26 Å². The molecule has 1 aliphatic rings. The van der Waals surface area contributed by atoms with Crippen molar-refractivity contribution in [3.63, 3.8) is 0 Å². The van der Waals surface area contributed by atoms with Gasteiger partial charge in [-0.25, -0.2) is 0 Å². The molecule has 184 valence electrons. The third-order valence-corrected chi connectivity index (χ3v) is 6.99. The highest BCUT2D eigenvalue weighted by molar-refractivity contribution is 5.94. The van der Waals surface area contributed by atoms with Crippen molar-refractivity contribution in [1.82, 2.24) is 14.8 Å². The van der Waals surface area contributed by atoms with Crippen LogP contribution in [-0.4, -0.2) is 66.5 Å². The maximum atomic E-state index is 13.2. The van der Waals surface area contributed by atoms with E-state index in [-0.39, 0.29) is 5.91 Å². The zero-order chi connectivity index (χ0) is 24.5. The molecule has 1 saturated heterocycles. The number of rotatable bonds is 11. The monoisotopic (exact) mass is 471 g/mol. The third kappa shape index (κ3) is 6.72. The number of benzene rings is 2. The van der Waals surface area contributed by atoms with E-state index >= 15 is 0 Å². The van der Waals surface area contributed by atoms with Gasteiger partial charge in [-0.05, 0) is 61.7 Å². The predicted molar refractivity (Wildman–Crippen MR) is 143 cm³/mol. The van der Waals surface area contributed by atoms with Gasteiger partial charge in [-0.1, -0.05) is 38.0 Å². The predicted octanol–water partition coefficient (Wildman–Crippen LogP) is 4.81. The van der Waals surface area contributed by atoms with Crippen LogP contribution in [0, 0.1) is 11.3 Å². The van der Waals surface area contributed by atoms with Gasteiger partial charge in [0.05, 0.1) is 18.2 Å². The second-order valence-corrected chi connectivity index (χ2v) is 9.50. The number of fused-ring (bicyclic) bond motifs is 1. The Bertz CT molecular complexity index is 1120. The summed E-state index contributed by atoms with van der Waals surface area (Å²) in [6, 6.07) is 18.2. The van der Waals surface area contributed by atoms with Crippen LogP contribution >= 0.6 is 0 Å². The van der Waals surface area contributed by atoms with Gasteiger partial charge >= 0.3 is 0 Å². The fraction of sp³-hybridized carbons (Fsp3) is 0.448. The molecule has 1 aliphatic heterocycles. The molecule has 35 heavy (non-hydrogen) atoms. The standard InChI is InChI=1S/C29H37N5O/c1-2-3-7-15-34(26-10-5-4-6-11-26)29(35)23-33-18-16-32(17-19-33)14-8-9-25-22-31-28-13-12-24(21-30)20-27(25)28/h4-6,10-13,20,22,31H,2-3,7-9,14-19,23H2,1H3. The van der Waals surface area contributed by atoms with Crippen molar-refractivity contribution in [2.24, 2.45) is 0 Å². The first kappa shape index (κ1) is 25.0. The Morgan fingerprint density at radius 3 is 2.54 bits per heavy atom. The topological polar surface area (TPSA) is 66.4 Å². The van der Waals surface area contributed by atoms with Gasteiger partial charge in [0.25, 0.3) is 0 Å². The van der Waals surface area contributed by atoms with Crippen LogP contribution in [0.1, 0.15) is 43.7 Å². The molecule has 2 aromatic carbocycles. The van der Waals surface area contributed by atoms with E-state index in [2.05, 4.69) is 34.0 Å². The van der Waals surface area contributed by atoms with Crippen molar-refractivity contribution in [3.8, 4) is 6.07 Å². The highest BCUT2D eigenvalue weighted by Crippen LogP contribution is 2.21. The number of para-hydroxylation sites is 1. The number of piperazine rings is 1. The number of nitrogens with zero attached hydrogens (tertiary/aromatic N) is 4. The molecule has 2 heterocycles. The molecule has 0 bridgehead atoms. The van der Waals surface area contributed by atoms with E-state index in [1.54, 1.807) is 0 Å². The lowest BCUT2D eigenvalue weighted by atomic mass is 10.1. The highest BCUT2D eigenvalue weighted by Gasteiger charge is 2.22. The molecule has 1 aromatic heterocycles. The summed E-state index contributed by atoms with van der Waals surface area (Å²) in [4.78, 5) is 23.3. The smallest absolute Gasteiger partial charge is 0.241 e. The average molecular weight is 472 g/mol. The molecule has 6 nitrogen and oxygen atoms in total. The maximum absolute atomic E-state index is 13.2. The molecule has 0 unspecified atom stereocenters. The van der Waals surface area contributed by atoms with Gasteiger partial charge in [-0.3, -0.25) is 9.69 Å². The molecule has 0 radical (unpaired) electrons. The first-order valence-electron chi connectivity index (χ1n) is 13.0. The molecule has 4 rings (SSSR count). The first-order valence-corrected chi connectivity index (χ1v) is 13.0. The van der Waals surface area contributed by atoms with Gasteiger partial charge in [0.2, 0.25) is 5.91 Å². The molecule has 3 aromatic rings. The summed E-state index contributed by atoms with van der Waals surface area (Å²) < 4.78 is 0. The second kappa shape index (κ2) is 12.5. The molecule has 1 N–H and O–H groups in total. The molecule has 0 spiro atoms. The van der Waals surface area contributed by atoms with Gasteiger partial charge in [0, 0.05) is 55.5 Å². The number of carbonyl (C=O) groups is 1. The quantitative estimate of drug-likeness (QED) is 0.408. The summed E-state index contributed by atoms with van der Waals surface area (Å²) in [6.07, 6.45) is 7.50. The lowest BCUT2D eigenvalue weighted by Gasteiger charge is -2.35. The van der Waals surface area contributed by atoms with Crippen LogP contribution in [0.2, 0.25) is 0 Å². The van der Waals surface area contributed by atoms with Crippen molar-refractivity contribution in [2.75, 3.05) is 50.7 Å². The SMILES string of the molecule is CCCCCN(C(=O)CN1CCN(CCCc2c[nH]c3ccc(C#N)cc23)CC1)c1ccccc1. The van der Waals surface area contributed by atoms with Gasteiger partial charge in [0.1, 0.15) is 0 Å². The fourth-order valence-corrected chi connectivity index (χ4v) is 4.92. The lowest BCUT2D eigenvalue weighted by molar-refractivity contribution is -0.120. The Balaban J connectivity index is 1.23. The number of unbranched alkanes of at least 4 members (excludes halogenated alkanes) is 2. The zero-order valence-electron chi connectivity index (χ0n) is 20.9. The van der Waals surface area contributed by atoms with E-state index < -0.39 is 0 Å². The van der Waals surface area contributed by atoms with Crippen LogP contribution in [0.3, 0.4) is 0 Å². The summed E-state index contributed by atoms with van der Waals surface area (Å²) in [5.41, 5.74) is 4.09. The Morgan fingerprint density at radius 2 is 1.80 bits per heavy atom. The number of aromatic amines is 1. The summed E-state index contributed by atoms with van der Waals surface area (Å²) in [6.45, 7) is 8.40. The number of hydrogen-bond acceptors (Lipinski definition) is 4. The Morgan fingerprint density at radius 1 is 1.03 bits per heavy atom. The number of hydrogen-bond donors (Lipinski definition) is 1. The van der Waals surface area contributed by atoms with Gasteiger partial charge in [0.15, 0.2) is 0 Å². The molecule has 0 aliphatic carbocycles. The number of amides is 1. The zero-order valence-corrected chi connectivity index (χ0v) is 20.9. The summed E-state index contributed by atoms with van der Waals surface area (Å²) in [5, 5.41) is 10.4. The minimum atomic E-state index is 0.205. The van der Waals surface area contributed by atoms with E-state index in [1.807, 2.05) is 53.4 Å². The van der Waals surface area contributed by atoms with Crippen molar-refractivity contribution in [2.45, 2.75) is 39.0 Å². The third-order valence-electron chi connectivity index (χ3n) is 6.99. The van der Waals surface area contributed by atoms with Gasteiger partial charge in [-0.15, -0.1) is 0 Å². The van der Waals surface area contributed by atoms with E-state index in [9.17, 15) is 10.1 Å². The van der Waals surface area contributed by atoms with Crippen molar-refractivity contribution in [1.29, 1.82) is 5.26 Å². The number of nitriles is 1. The molecular weight excluding hydrogens is 434 g/mol. The minimum Gasteiger partial charge on any atom is -0.361 e. The largest absolute Gasteiger partial charge is 0.361 e. The minimum absolute atomic E-state index is 0.205. The van der Waals surface area contributed by atoms with Gasteiger partial charge < -0.3 is 14.8 Å². The molecule has 6 heteroatoms. The first-order chi connectivity index (χ1) is 17.2. The Kier molecular flexibility index (Phi) is 8.94. The maximum Gasteiger partial charge on any atom is 0.241 e. The summed E-state index contributed by atoms with van der Waals surface area (Å²) >= 11 is 0. The van der Waals surface area contributed by atoms with Crippen LogP contribution in [0.5, 0.6) is 0 Å². The van der Waals surface area contributed by atoms with Crippen LogP contribution in [0.4, 0.5) is 5.69 Å². The molecule has 0 atom stereocenters. The van der Waals surface area contributed by atoms with E-state index in [4.69, 9.17) is 0 Å². The van der Waals surface area contributed by atoms with Crippen LogP contribution in [-0.2, 0) is 11.2 Å². The molecule has 0 saturated carbocycles. The highest BCUT2D eigenvalue weighted by atomic mass is 16.2. The van der Waals surface area contributed by atoms with E-state index in [0.717, 1.165) is 88.0 Å². The summed E-state index contributed by atoms with van der Waals surface area (Å²) in [5.74, 6) is 0.205.